The fourth-order valence-electron chi connectivity index (χ4n) is 5.97. The van der Waals surface area contributed by atoms with E-state index < -0.39 is 72.9 Å². The molecule has 0 aliphatic carbocycles. The molecule has 1 rings (SSSR count). The van der Waals surface area contributed by atoms with Gasteiger partial charge in [0.05, 0.1) is 54.9 Å². The number of carbonyl (C=O) groups excluding carboxylic acids is 1. The molecule has 0 aromatic carbocycles. The second-order valence-electron chi connectivity index (χ2n) is 14.2. The molecule has 0 fully saturated rings. The van der Waals surface area contributed by atoms with Crippen LogP contribution in [0.5, 0.6) is 0 Å². The van der Waals surface area contributed by atoms with Gasteiger partial charge in [-0.25, -0.2) is 4.79 Å². The third kappa shape index (κ3) is 21.7. The fraction of sp³-hybridized carbons (Fsp3) is 0.634. The minimum absolute atomic E-state index is 0.0413. The number of ether oxygens (including phenoxy) is 1. The summed E-state index contributed by atoms with van der Waals surface area (Å²) < 4.78 is 5.76. The SMILES string of the molecule is CC[C@H](C)[C@@H]1OC(=O)/C=C/C=C/C=C/C=C/C=C/C=C/C[C@@H](O)[C@@H](C)[C@H](O)C[C@@H](O)C[C@@H](O)C[C@@H](O)C[C@H](O)C[C@@H](O)C[C@@H](O)C[C@H](O)/C=C/[C@H]1C. The van der Waals surface area contributed by atoms with Crippen LogP contribution in [-0.4, -0.2) is 113 Å². The Balaban J connectivity index is 3.01. The number of aliphatic hydroxyl groups is 9. The second-order valence-corrected chi connectivity index (χ2v) is 14.2. The Kier molecular flexibility index (Phi) is 24.5. The maximum atomic E-state index is 12.6. The van der Waals surface area contributed by atoms with E-state index in [2.05, 4.69) is 0 Å². The lowest BCUT2D eigenvalue weighted by atomic mass is 9.90. The van der Waals surface area contributed by atoms with E-state index in [0.29, 0.717) is 0 Å². The van der Waals surface area contributed by atoms with Crippen molar-refractivity contribution in [2.75, 3.05) is 0 Å². The molecule has 11 nitrogen and oxygen atoms in total. The molecule has 0 radical (unpaired) electrons. The van der Waals surface area contributed by atoms with Crippen LogP contribution in [-0.2, 0) is 9.53 Å². The van der Waals surface area contributed by atoms with E-state index in [1.807, 2.05) is 45.1 Å². The van der Waals surface area contributed by atoms with E-state index in [9.17, 15) is 50.8 Å². The standard InChI is InChI=1S/C41H66O11/c1-5-28(2)41-29(3)19-20-31(42)21-32(43)22-33(44)23-34(45)24-35(46)25-36(47)26-37(48)27-39(50)30(4)38(49)17-15-13-11-9-7-6-8-10-12-14-16-18-40(51)52-41/h6-16,18-20,28-39,41-50H,5,17,21-27H2,1-4H3/b7-6+,10-8+,11-9+,14-12+,15-13+,18-16+,20-19+/t28-,29+,30+,31+,32-,33-,34+,35-,36-,37-,38+,39+,41-/m0/s1. The third-order valence-electron chi connectivity index (χ3n) is 9.32. The van der Waals surface area contributed by atoms with E-state index in [4.69, 9.17) is 4.74 Å². The van der Waals surface area contributed by atoms with Gasteiger partial charge in [0.1, 0.15) is 6.10 Å². The van der Waals surface area contributed by atoms with Crippen LogP contribution < -0.4 is 0 Å². The quantitative estimate of drug-likeness (QED) is 0.148. The number of carbonyl (C=O) groups is 1. The van der Waals surface area contributed by atoms with Crippen molar-refractivity contribution in [1.29, 1.82) is 0 Å². The van der Waals surface area contributed by atoms with Crippen LogP contribution in [0, 0.1) is 17.8 Å². The minimum Gasteiger partial charge on any atom is -0.458 e. The Morgan fingerprint density at radius 3 is 1.50 bits per heavy atom. The average molecular weight is 735 g/mol. The molecule has 0 unspecified atom stereocenters. The van der Waals surface area contributed by atoms with Gasteiger partial charge in [0.2, 0.25) is 0 Å². The number of hydrogen-bond donors (Lipinski definition) is 9. The fourth-order valence-corrected chi connectivity index (χ4v) is 5.97. The van der Waals surface area contributed by atoms with Crippen LogP contribution in [0.3, 0.4) is 0 Å². The Hall–Kier alpha value is -2.71. The van der Waals surface area contributed by atoms with Crippen LogP contribution in [0.2, 0.25) is 0 Å². The molecule has 1 aliphatic heterocycles. The number of cyclic esters (lactones) is 1. The van der Waals surface area contributed by atoms with Crippen LogP contribution in [0.4, 0.5) is 0 Å². The van der Waals surface area contributed by atoms with Gasteiger partial charge in [-0.15, -0.1) is 0 Å². The van der Waals surface area contributed by atoms with Crippen LogP contribution in [0.25, 0.3) is 0 Å². The van der Waals surface area contributed by atoms with E-state index in [1.165, 1.54) is 12.2 Å². The highest BCUT2D eigenvalue weighted by atomic mass is 16.5. The Labute approximate surface area is 310 Å². The zero-order valence-electron chi connectivity index (χ0n) is 31.3. The number of aliphatic hydroxyl groups excluding tert-OH is 9. The first-order valence-electron chi connectivity index (χ1n) is 18.6. The lowest BCUT2D eigenvalue weighted by Crippen LogP contribution is -2.34. The molecule has 0 spiro atoms. The predicted octanol–water partition coefficient (Wildman–Crippen LogP) is 3.49. The van der Waals surface area contributed by atoms with Gasteiger partial charge in [-0.2, -0.15) is 0 Å². The summed E-state index contributed by atoms with van der Waals surface area (Å²) in [7, 11) is 0. The highest BCUT2D eigenvalue weighted by Crippen LogP contribution is 2.23. The number of rotatable bonds is 2. The van der Waals surface area contributed by atoms with E-state index in [-0.39, 0.29) is 63.2 Å². The molecule has 52 heavy (non-hydrogen) atoms. The second kappa shape index (κ2) is 27.0. The summed E-state index contributed by atoms with van der Waals surface area (Å²) in [5.74, 6) is -1.24. The summed E-state index contributed by atoms with van der Waals surface area (Å²) in [4.78, 5) is 12.6. The van der Waals surface area contributed by atoms with Gasteiger partial charge in [-0.1, -0.05) is 113 Å². The summed E-state index contributed by atoms with van der Waals surface area (Å²) in [5.41, 5.74) is 0. The first-order valence-corrected chi connectivity index (χ1v) is 18.6. The van der Waals surface area contributed by atoms with Gasteiger partial charge >= 0.3 is 5.97 Å². The molecule has 0 bridgehead atoms. The molecule has 1 aliphatic rings. The van der Waals surface area contributed by atoms with Crippen molar-refractivity contribution >= 4 is 5.97 Å². The summed E-state index contributed by atoms with van der Waals surface area (Å²) in [6, 6.07) is 0. The molecule has 296 valence electrons. The van der Waals surface area contributed by atoms with Crippen molar-refractivity contribution in [3.63, 3.8) is 0 Å². The van der Waals surface area contributed by atoms with Crippen molar-refractivity contribution in [3.8, 4) is 0 Å². The summed E-state index contributed by atoms with van der Waals surface area (Å²) in [5, 5.41) is 94.1. The molecular formula is C41H66O11. The zero-order chi connectivity index (χ0) is 39.1. The smallest absolute Gasteiger partial charge is 0.331 e. The highest BCUT2D eigenvalue weighted by molar-refractivity contribution is 5.82. The molecule has 13 atom stereocenters. The monoisotopic (exact) mass is 734 g/mol. The maximum Gasteiger partial charge on any atom is 0.331 e. The molecule has 9 N–H and O–H groups in total. The molecule has 0 aromatic heterocycles. The maximum absolute atomic E-state index is 12.6. The van der Waals surface area contributed by atoms with Crippen LogP contribution in [0.1, 0.15) is 85.5 Å². The normalized spacial score (nSPS) is 40.3. The first-order chi connectivity index (χ1) is 24.6. The summed E-state index contributed by atoms with van der Waals surface area (Å²) in [6.45, 7) is 7.53. The van der Waals surface area contributed by atoms with Crippen LogP contribution in [0.15, 0.2) is 85.1 Å². The molecule has 11 heteroatoms. The largest absolute Gasteiger partial charge is 0.458 e. The molecule has 0 saturated carbocycles. The van der Waals surface area contributed by atoms with Crippen molar-refractivity contribution in [1.82, 2.24) is 0 Å². The lowest BCUT2D eigenvalue weighted by molar-refractivity contribution is -0.147. The van der Waals surface area contributed by atoms with Crippen molar-refractivity contribution in [2.24, 2.45) is 17.8 Å². The Morgan fingerprint density at radius 1 is 0.596 bits per heavy atom. The van der Waals surface area contributed by atoms with Crippen molar-refractivity contribution in [2.45, 2.75) is 147 Å². The topological polar surface area (TPSA) is 208 Å². The third-order valence-corrected chi connectivity index (χ3v) is 9.32. The molecular weight excluding hydrogens is 668 g/mol. The van der Waals surface area contributed by atoms with E-state index in [0.717, 1.165) is 6.42 Å². The zero-order valence-corrected chi connectivity index (χ0v) is 31.3. The van der Waals surface area contributed by atoms with Gasteiger partial charge in [-0.05, 0) is 50.9 Å². The van der Waals surface area contributed by atoms with E-state index in [1.54, 1.807) is 55.5 Å². The van der Waals surface area contributed by atoms with Crippen LogP contribution >= 0.6 is 0 Å². The lowest BCUT2D eigenvalue weighted by Gasteiger charge is -2.27. The van der Waals surface area contributed by atoms with Crippen molar-refractivity contribution < 1.29 is 55.5 Å². The van der Waals surface area contributed by atoms with E-state index >= 15 is 0 Å². The highest BCUT2D eigenvalue weighted by Gasteiger charge is 2.27. The number of allylic oxidation sites excluding steroid dienone is 10. The molecule has 0 amide bonds. The average Bonchev–Trinajstić information content (AvgIpc) is 3.06. The summed E-state index contributed by atoms with van der Waals surface area (Å²) in [6.07, 6.45) is 14.3. The minimum atomic E-state index is -1.13. The Bertz CT molecular complexity index is 1180. The number of esters is 1. The number of hydrogen-bond acceptors (Lipinski definition) is 11. The van der Waals surface area contributed by atoms with Gasteiger partial charge in [-0.3, -0.25) is 0 Å². The molecule has 0 saturated heterocycles. The Morgan fingerprint density at radius 2 is 1.02 bits per heavy atom. The van der Waals surface area contributed by atoms with Gasteiger partial charge < -0.3 is 50.7 Å². The first kappa shape index (κ1) is 47.3. The summed E-state index contributed by atoms with van der Waals surface area (Å²) >= 11 is 0. The van der Waals surface area contributed by atoms with Crippen molar-refractivity contribution in [3.05, 3.63) is 85.1 Å². The van der Waals surface area contributed by atoms with Gasteiger partial charge in [0.25, 0.3) is 0 Å². The van der Waals surface area contributed by atoms with Gasteiger partial charge in [0, 0.05) is 24.3 Å². The van der Waals surface area contributed by atoms with Gasteiger partial charge in [0.15, 0.2) is 0 Å². The predicted molar refractivity (Wildman–Crippen MR) is 203 cm³/mol. The molecule has 0 aromatic rings. The molecule has 1 heterocycles.